The first-order valence-corrected chi connectivity index (χ1v) is 7.15. The lowest BCUT2D eigenvalue weighted by atomic mass is 9.81. The molecular weight excluding hydrogens is 238 g/mol. The molecule has 1 aromatic heterocycles. The number of nitrogens with one attached hydrogen (secondary N) is 1. The van der Waals surface area contributed by atoms with Crippen molar-refractivity contribution in [3.05, 3.63) is 24.0 Å². The highest BCUT2D eigenvalue weighted by Gasteiger charge is 2.17. The number of amides is 1. The first-order valence-electron chi connectivity index (χ1n) is 7.15. The fourth-order valence-corrected chi connectivity index (χ4v) is 2.71. The molecule has 104 valence electrons. The van der Waals surface area contributed by atoms with Crippen molar-refractivity contribution in [1.29, 1.82) is 0 Å². The zero-order valence-corrected chi connectivity index (χ0v) is 11.6. The summed E-state index contributed by atoms with van der Waals surface area (Å²) in [7, 11) is 0. The number of hydrogen-bond donors (Lipinski definition) is 2. The van der Waals surface area contributed by atoms with Crippen LogP contribution in [-0.4, -0.2) is 17.4 Å². The summed E-state index contributed by atoms with van der Waals surface area (Å²) in [5.41, 5.74) is 6.45. The number of pyridine rings is 1. The van der Waals surface area contributed by atoms with Crippen LogP contribution in [0.2, 0.25) is 0 Å². The lowest BCUT2D eigenvalue weighted by Gasteiger charge is -2.26. The summed E-state index contributed by atoms with van der Waals surface area (Å²) in [6.45, 7) is 3.29. The van der Waals surface area contributed by atoms with Crippen molar-refractivity contribution in [3.63, 3.8) is 0 Å². The summed E-state index contributed by atoms with van der Waals surface area (Å²) in [6, 6.07) is 3.58. The average Bonchev–Trinajstić information content (AvgIpc) is 2.41. The molecule has 1 aliphatic rings. The molecule has 0 radical (unpaired) electrons. The summed E-state index contributed by atoms with van der Waals surface area (Å²) < 4.78 is 0. The van der Waals surface area contributed by atoms with E-state index in [2.05, 4.69) is 17.2 Å². The highest BCUT2D eigenvalue weighted by molar-refractivity contribution is 5.91. The Hall–Kier alpha value is -1.58. The summed E-state index contributed by atoms with van der Waals surface area (Å²) in [4.78, 5) is 15.0. The molecule has 1 saturated carbocycles. The van der Waals surface area contributed by atoms with Gasteiger partial charge >= 0.3 is 0 Å². The number of carbonyl (C=O) groups excluding carboxylic acids is 1. The second kappa shape index (κ2) is 6.55. The topological polar surface area (TPSA) is 68.0 Å². The van der Waals surface area contributed by atoms with E-state index in [4.69, 9.17) is 5.73 Å². The van der Waals surface area contributed by atoms with Crippen LogP contribution in [0.3, 0.4) is 0 Å². The van der Waals surface area contributed by atoms with Crippen molar-refractivity contribution in [1.82, 2.24) is 4.98 Å². The molecule has 4 heteroatoms. The summed E-state index contributed by atoms with van der Waals surface area (Å²) in [5, 5.41) is 3.35. The number of carbonyl (C=O) groups is 1. The quantitative estimate of drug-likeness (QED) is 0.856. The Labute approximate surface area is 114 Å². The van der Waals surface area contributed by atoms with Crippen molar-refractivity contribution in [2.75, 3.05) is 11.9 Å². The third-order valence-electron chi connectivity index (χ3n) is 4.03. The van der Waals surface area contributed by atoms with Gasteiger partial charge in [0.05, 0.1) is 0 Å². The van der Waals surface area contributed by atoms with Gasteiger partial charge in [-0.25, -0.2) is 0 Å². The van der Waals surface area contributed by atoms with Crippen LogP contribution in [0.25, 0.3) is 0 Å². The molecule has 3 N–H and O–H groups in total. The summed E-state index contributed by atoms with van der Waals surface area (Å²) >= 11 is 0. The van der Waals surface area contributed by atoms with Gasteiger partial charge in [-0.05, 0) is 30.4 Å². The van der Waals surface area contributed by atoms with E-state index < -0.39 is 5.91 Å². The van der Waals surface area contributed by atoms with Gasteiger partial charge in [0.2, 0.25) is 0 Å². The third-order valence-corrected chi connectivity index (χ3v) is 4.03. The number of hydrogen-bond acceptors (Lipinski definition) is 3. The predicted molar refractivity (Wildman–Crippen MR) is 77.0 cm³/mol. The molecule has 0 atom stereocenters. The molecule has 4 nitrogen and oxygen atoms in total. The Balaban J connectivity index is 1.76. The normalized spacial score (nSPS) is 23.0. The van der Waals surface area contributed by atoms with Gasteiger partial charge in [0.25, 0.3) is 5.91 Å². The van der Waals surface area contributed by atoms with Gasteiger partial charge in [-0.3, -0.25) is 9.78 Å². The monoisotopic (exact) mass is 261 g/mol. The van der Waals surface area contributed by atoms with Crippen molar-refractivity contribution < 1.29 is 4.79 Å². The van der Waals surface area contributed by atoms with E-state index >= 15 is 0 Å². The maximum absolute atomic E-state index is 11.0. The second-order valence-electron chi connectivity index (χ2n) is 5.64. The van der Waals surface area contributed by atoms with Crippen molar-refractivity contribution in [2.45, 2.75) is 39.0 Å². The van der Waals surface area contributed by atoms with Crippen LogP contribution in [0.5, 0.6) is 0 Å². The van der Waals surface area contributed by atoms with Gasteiger partial charge < -0.3 is 11.1 Å². The van der Waals surface area contributed by atoms with Crippen LogP contribution in [0.15, 0.2) is 18.3 Å². The molecule has 1 heterocycles. The molecule has 0 bridgehead atoms. The maximum Gasteiger partial charge on any atom is 0.267 e. The Morgan fingerprint density at radius 1 is 1.42 bits per heavy atom. The van der Waals surface area contributed by atoms with Crippen molar-refractivity contribution in [2.24, 2.45) is 17.6 Å². The predicted octanol–water partition coefficient (Wildman–Crippen LogP) is 2.81. The summed E-state index contributed by atoms with van der Waals surface area (Å²) in [5.74, 6) is 1.27. The molecule has 0 unspecified atom stereocenters. The van der Waals surface area contributed by atoms with Crippen LogP contribution in [-0.2, 0) is 0 Å². The zero-order chi connectivity index (χ0) is 13.7. The fourth-order valence-electron chi connectivity index (χ4n) is 2.71. The smallest absolute Gasteiger partial charge is 0.267 e. The second-order valence-corrected chi connectivity index (χ2v) is 5.64. The number of aromatic nitrogens is 1. The molecule has 0 aromatic carbocycles. The average molecular weight is 261 g/mol. The maximum atomic E-state index is 11.0. The lowest BCUT2D eigenvalue weighted by Crippen LogP contribution is -2.16. The molecular formula is C15H23N3O. The van der Waals surface area contributed by atoms with E-state index in [1.54, 1.807) is 12.3 Å². The van der Waals surface area contributed by atoms with Gasteiger partial charge in [0.1, 0.15) is 5.69 Å². The van der Waals surface area contributed by atoms with Crippen LogP contribution in [0, 0.1) is 11.8 Å². The van der Waals surface area contributed by atoms with E-state index in [1.807, 2.05) is 6.07 Å². The minimum Gasteiger partial charge on any atom is -0.385 e. The third kappa shape index (κ3) is 4.23. The Morgan fingerprint density at radius 2 is 2.16 bits per heavy atom. The van der Waals surface area contributed by atoms with E-state index in [0.717, 1.165) is 24.1 Å². The molecule has 1 amide bonds. The van der Waals surface area contributed by atoms with Gasteiger partial charge in [-0.1, -0.05) is 32.6 Å². The van der Waals surface area contributed by atoms with E-state index in [-0.39, 0.29) is 0 Å². The largest absolute Gasteiger partial charge is 0.385 e. The molecule has 1 aliphatic carbocycles. The number of rotatable bonds is 5. The molecule has 0 aliphatic heterocycles. The van der Waals surface area contributed by atoms with Crippen LogP contribution in [0.1, 0.15) is 49.5 Å². The zero-order valence-electron chi connectivity index (χ0n) is 11.6. The molecule has 1 fully saturated rings. The molecule has 1 aromatic rings. The first kappa shape index (κ1) is 13.8. The Morgan fingerprint density at radius 3 is 2.84 bits per heavy atom. The van der Waals surface area contributed by atoms with Gasteiger partial charge in [0, 0.05) is 18.4 Å². The number of anilines is 1. The van der Waals surface area contributed by atoms with Crippen LogP contribution >= 0.6 is 0 Å². The number of nitrogens with zero attached hydrogens (tertiary/aromatic N) is 1. The van der Waals surface area contributed by atoms with E-state index in [1.165, 1.54) is 32.1 Å². The molecule has 0 spiro atoms. The van der Waals surface area contributed by atoms with Crippen molar-refractivity contribution in [3.8, 4) is 0 Å². The van der Waals surface area contributed by atoms with Gasteiger partial charge in [-0.15, -0.1) is 0 Å². The number of nitrogens with two attached hydrogens (primary N) is 1. The van der Waals surface area contributed by atoms with E-state index in [9.17, 15) is 4.79 Å². The minimum atomic E-state index is -0.482. The van der Waals surface area contributed by atoms with Crippen LogP contribution < -0.4 is 11.1 Å². The highest BCUT2D eigenvalue weighted by atomic mass is 16.1. The lowest BCUT2D eigenvalue weighted by molar-refractivity contribution is 0.0995. The first-order chi connectivity index (χ1) is 9.15. The van der Waals surface area contributed by atoms with Gasteiger partial charge in [0.15, 0.2) is 0 Å². The number of primary amides is 1. The van der Waals surface area contributed by atoms with Crippen molar-refractivity contribution >= 4 is 11.6 Å². The van der Waals surface area contributed by atoms with Gasteiger partial charge in [-0.2, -0.15) is 0 Å². The fraction of sp³-hybridized carbons (Fsp3) is 0.600. The van der Waals surface area contributed by atoms with E-state index in [0.29, 0.717) is 5.69 Å². The molecule has 2 rings (SSSR count). The molecule has 19 heavy (non-hydrogen) atoms. The standard InChI is InChI=1S/C15H23N3O/c1-11-2-4-12(5-3-11)6-8-17-13-7-9-18-14(10-13)15(16)19/h7,9-12H,2-6,8H2,1H3,(H2,16,19)(H,17,18). The SMILES string of the molecule is CC1CCC(CCNc2ccnc(C(N)=O)c2)CC1. The Kier molecular flexibility index (Phi) is 4.77. The van der Waals surface area contributed by atoms with Crippen LogP contribution in [0.4, 0.5) is 5.69 Å². The highest BCUT2D eigenvalue weighted by Crippen LogP contribution is 2.30. The minimum absolute atomic E-state index is 0.316. The Bertz CT molecular complexity index is 425. The molecule has 0 saturated heterocycles. The summed E-state index contributed by atoms with van der Waals surface area (Å²) in [6.07, 6.45) is 8.25.